The zero-order chi connectivity index (χ0) is 21.3. The van der Waals surface area contributed by atoms with Gasteiger partial charge in [0, 0.05) is 13.0 Å². The van der Waals surface area contributed by atoms with Crippen molar-refractivity contribution in [2.24, 2.45) is 5.92 Å². The van der Waals surface area contributed by atoms with E-state index in [-0.39, 0.29) is 6.84 Å². The number of hydrogen-bond donors (Lipinski definition) is 0. The molecule has 2 aromatic carbocycles. The molecule has 0 aliphatic carbocycles. The molecule has 0 amide bonds. The lowest BCUT2D eigenvalue weighted by molar-refractivity contribution is 0.301. The highest BCUT2D eigenvalue weighted by atomic mass is 16.5. The van der Waals surface area contributed by atoms with Gasteiger partial charge in [-0.2, -0.15) is 5.26 Å². The second-order valence-electron chi connectivity index (χ2n) is 7.18. The van der Waals surface area contributed by atoms with Crippen molar-refractivity contribution >= 4 is 0 Å². The lowest BCUT2D eigenvalue weighted by Gasteiger charge is -2.35. The molecule has 0 bridgehead atoms. The highest BCUT2D eigenvalue weighted by molar-refractivity contribution is 5.43. The van der Waals surface area contributed by atoms with Crippen molar-refractivity contribution in [1.82, 2.24) is 4.98 Å². The van der Waals surface area contributed by atoms with Gasteiger partial charge in [0.25, 0.3) is 0 Å². The van der Waals surface area contributed by atoms with Gasteiger partial charge >= 0.3 is 0 Å². The number of rotatable bonds is 6. The van der Waals surface area contributed by atoms with E-state index in [1.165, 1.54) is 11.1 Å². The van der Waals surface area contributed by atoms with Gasteiger partial charge in [0.15, 0.2) is 0 Å². The molecule has 0 spiro atoms. The minimum absolute atomic E-state index is 0. The van der Waals surface area contributed by atoms with Gasteiger partial charge in [0.05, 0.1) is 17.3 Å². The molecule has 152 valence electrons. The quantitative estimate of drug-likeness (QED) is 0.468. The van der Waals surface area contributed by atoms with E-state index in [1.807, 2.05) is 56.3 Å². The predicted octanol–water partition coefficient (Wildman–Crippen LogP) is 6.77. The van der Waals surface area contributed by atoms with Crippen molar-refractivity contribution in [3.63, 3.8) is 0 Å². The van der Waals surface area contributed by atoms with Crippen LogP contribution < -0.4 is 4.74 Å². The molecule has 29 heavy (non-hydrogen) atoms. The summed E-state index contributed by atoms with van der Waals surface area (Å²) in [6.45, 7) is 11.2. The maximum Gasteiger partial charge on any atom is 0.130 e. The van der Waals surface area contributed by atoms with Crippen molar-refractivity contribution < 1.29 is 6.16 Å². The molecule has 3 aromatic rings. The van der Waals surface area contributed by atoms with E-state index in [2.05, 4.69) is 56.1 Å². The van der Waals surface area contributed by atoms with Crippen molar-refractivity contribution in [2.45, 2.75) is 46.6 Å². The van der Waals surface area contributed by atoms with Gasteiger partial charge in [-0.3, -0.25) is 4.98 Å². The van der Waals surface area contributed by atoms with Crippen LogP contribution in [-0.2, 0) is 12.0 Å². The van der Waals surface area contributed by atoms with Crippen molar-refractivity contribution in [3.8, 4) is 11.8 Å². The summed E-state index contributed by atoms with van der Waals surface area (Å²) in [5.74, 6) is 1.22. The third-order valence-corrected chi connectivity index (χ3v) is 5.34. The fourth-order valence-corrected chi connectivity index (χ4v) is 3.26. The highest BCUT2D eigenvalue weighted by Gasteiger charge is 2.32. The number of nitrogens with zero attached hydrogens (tertiary/aromatic N) is 2. The summed E-state index contributed by atoms with van der Waals surface area (Å²) in [5.41, 5.74) is 3.88. The first-order valence-corrected chi connectivity index (χ1v) is 10.2. The van der Waals surface area contributed by atoms with Crippen molar-refractivity contribution in [2.75, 3.05) is 0 Å². The molecule has 1 heterocycles. The topological polar surface area (TPSA) is 45.9 Å². The summed E-state index contributed by atoms with van der Waals surface area (Å²) in [7, 11) is 0. The molecule has 1 atom stereocenters. The SMILES string of the molecule is CC.CC(C)C(C)(c1ccc(C#N)cc1)c1ccc(OCc2ccccn2)cc1.[HH]. The van der Waals surface area contributed by atoms with Crippen LogP contribution in [0.3, 0.4) is 0 Å². The summed E-state index contributed by atoms with van der Waals surface area (Å²) in [4.78, 5) is 4.28. The number of hydrogen-bond acceptors (Lipinski definition) is 3. The Labute approximate surface area is 176 Å². The second kappa shape index (κ2) is 10.4. The first-order chi connectivity index (χ1) is 14.0. The maximum atomic E-state index is 9.05. The van der Waals surface area contributed by atoms with Gasteiger partial charge in [0.2, 0.25) is 0 Å². The Bertz CT molecular complexity index is 916. The molecular weight excluding hydrogens is 356 g/mol. The number of nitriles is 1. The minimum Gasteiger partial charge on any atom is -0.487 e. The summed E-state index contributed by atoms with van der Waals surface area (Å²) >= 11 is 0. The Morgan fingerprint density at radius 3 is 2.03 bits per heavy atom. The van der Waals surface area contributed by atoms with Crippen LogP contribution in [0.1, 0.15) is 58.4 Å². The van der Waals surface area contributed by atoms with E-state index in [1.54, 1.807) is 6.20 Å². The van der Waals surface area contributed by atoms with Crippen LogP contribution in [0.15, 0.2) is 72.9 Å². The Balaban J connectivity index is 0.00000146. The molecule has 0 aliphatic rings. The monoisotopic (exact) mass is 388 g/mol. The van der Waals surface area contributed by atoms with Crippen LogP contribution >= 0.6 is 0 Å². The standard InChI is InChI=1S/C24H24N2O.C2H6.H2/c1-18(2)24(3,20-9-7-19(16-25)8-10-20)21-11-13-23(14-12-21)27-17-22-6-4-5-15-26-22;1-2;/h4-15,18H,17H2,1-3H3;1-2H3;1H. The Morgan fingerprint density at radius 1 is 0.966 bits per heavy atom. The molecule has 0 saturated heterocycles. The highest BCUT2D eigenvalue weighted by Crippen LogP contribution is 2.39. The largest absolute Gasteiger partial charge is 0.487 e. The third kappa shape index (κ3) is 5.23. The van der Waals surface area contributed by atoms with E-state index in [4.69, 9.17) is 10.00 Å². The summed E-state index contributed by atoms with van der Waals surface area (Å²) < 4.78 is 5.86. The molecule has 0 saturated carbocycles. The van der Waals surface area contributed by atoms with E-state index in [0.29, 0.717) is 18.1 Å². The summed E-state index contributed by atoms with van der Waals surface area (Å²) in [6.07, 6.45) is 1.77. The molecule has 0 fully saturated rings. The maximum absolute atomic E-state index is 9.05. The number of pyridine rings is 1. The molecule has 0 N–H and O–H groups in total. The zero-order valence-electron chi connectivity index (χ0n) is 18.0. The van der Waals surface area contributed by atoms with Gasteiger partial charge in [-0.15, -0.1) is 0 Å². The fraction of sp³-hybridized carbons (Fsp3) is 0.308. The van der Waals surface area contributed by atoms with Crippen LogP contribution in [0.25, 0.3) is 0 Å². The summed E-state index contributed by atoms with van der Waals surface area (Å²) in [5, 5.41) is 9.05. The lowest BCUT2D eigenvalue weighted by Crippen LogP contribution is -2.30. The van der Waals surface area contributed by atoms with Gasteiger partial charge in [-0.1, -0.05) is 65.0 Å². The first kappa shape index (κ1) is 22.2. The smallest absolute Gasteiger partial charge is 0.130 e. The number of benzene rings is 2. The van der Waals surface area contributed by atoms with Crippen molar-refractivity contribution in [1.29, 1.82) is 5.26 Å². The molecule has 3 nitrogen and oxygen atoms in total. The Kier molecular flexibility index (Phi) is 7.98. The zero-order valence-corrected chi connectivity index (χ0v) is 18.0. The van der Waals surface area contributed by atoms with E-state index >= 15 is 0 Å². The van der Waals surface area contributed by atoms with Crippen LogP contribution in [0.5, 0.6) is 5.75 Å². The molecular formula is C26H32N2O. The summed E-state index contributed by atoms with van der Waals surface area (Å²) in [6, 6.07) is 24.2. The van der Waals surface area contributed by atoms with Gasteiger partial charge in [-0.05, 0) is 53.4 Å². The Hall–Kier alpha value is -3.12. The third-order valence-electron chi connectivity index (χ3n) is 5.34. The normalized spacial score (nSPS) is 12.3. The Morgan fingerprint density at radius 2 is 1.55 bits per heavy atom. The van der Waals surface area contributed by atoms with Crippen molar-refractivity contribution in [3.05, 3.63) is 95.3 Å². The minimum atomic E-state index is -0.145. The molecule has 3 heteroatoms. The number of ether oxygens (including phenoxy) is 1. The average molecular weight is 389 g/mol. The van der Waals surface area contributed by atoms with Crippen LogP contribution in [0, 0.1) is 17.2 Å². The fourth-order valence-electron chi connectivity index (χ4n) is 3.26. The molecule has 1 unspecified atom stereocenters. The van der Waals surface area contributed by atoms with E-state index < -0.39 is 0 Å². The average Bonchev–Trinajstić information content (AvgIpc) is 2.79. The van der Waals surface area contributed by atoms with Gasteiger partial charge in [0.1, 0.15) is 12.4 Å². The molecule has 1 aromatic heterocycles. The second-order valence-corrected chi connectivity index (χ2v) is 7.18. The first-order valence-electron chi connectivity index (χ1n) is 10.2. The molecule has 0 radical (unpaired) electrons. The van der Waals surface area contributed by atoms with E-state index in [0.717, 1.165) is 11.4 Å². The predicted molar refractivity (Wildman–Crippen MR) is 121 cm³/mol. The lowest BCUT2D eigenvalue weighted by atomic mass is 9.68. The van der Waals surface area contributed by atoms with E-state index in [9.17, 15) is 0 Å². The van der Waals surface area contributed by atoms with Crippen LogP contribution in [0.2, 0.25) is 0 Å². The van der Waals surface area contributed by atoms with Crippen LogP contribution in [-0.4, -0.2) is 4.98 Å². The number of aromatic nitrogens is 1. The van der Waals surface area contributed by atoms with Gasteiger partial charge in [-0.25, -0.2) is 0 Å². The van der Waals surface area contributed by atoms with Gasteiger partial charge < -0.3 is 4.74 Å². The van der Waals surface area contributed by atoms with Crippen LogP contribution in [0.4, 0.5) is 0 Å². The molecule has 3 rings (SSSR count). The molecule has 0 aliphatic heterocycles.